The highest BCUT2D eigenvalue weighted by atomic mass is 16.1. The minimum absolute atomic E-state index is 0.135. The van der Waals surface area contributed by atoms with Crippen molar-refractivity contribution in [2.45, 2.75) is 6.42 Å². The predicted octanol–water partition coefficient (Wildman–Crippen LogP) is 0.907. The van der Waals surface area contributed by atoms with E-state index in [1.165, 1.54) is 6.08 Å². The van der Waals surface area contributed by atoms with Crippen molar-refractivity contribution in [3.63, 3.8) is 0 Å². The van der Waals surface area contributed by atoms with Crippen molar-refractivity contribution in [1.29, 1.82) is 0 Å². The first-order valence-electron chi connectivity index (χ1n) is 3.74. The molecule has 2 heteroatoms. The quantitative estimate of drug-likeness (QED) is 0.478. The van der Waals surface area contributed by atoms with Gasteiger partial charge in [0.05, 0.1) is 5.41 Å². The largest absolute Gasteiger partial charge is 0.315 e. The predicted molar refractivity (Wildman–Crippen MR) is 45.3 cm³/mol. The minimum atomic E-state index is -0.205. The Morgan fingerprint density at radius 1 is 1.55 bits per heavy atom. The van der Waals surface area contributed by atoms with Crippen molar-refractivity contribution in [3.8, 4) is 0 Å². The number of hydrogen-bond donors (Lipinski definition) is 1. The molecule has 0 unspecified atom stereocenters. The minimum Gasteiger partial charge on any atom is -0.315 e. The Morgan fingerprint density at radius 3 is 2.45 bits per heavy atom. The van der Waals surface area contributed by atoms with Gasteiger partial charge in [0.2, 0.25) is 0 Å². The molecule has 1 aliphatic rings. The summed E-state index contributed by atoms with van der Waals surface area (Å²) in [6.45, 7) is 8.64. The maximum Gasteiger partial charge on any atom is 0.164 e. The molecule has 1 N–H and O–H groups in total. The van der Waals surface area contributed by atoms with Gasteiger partial charge in [0.1, 0.15) is 0 Å². The second kappa shape index (κ2) is 3.01. The third-order valence-electron chi connectivity index (χ3n) is 2.17. The van der Waals surface area contributed by atoms with Gasteiger partial charge >= 0.3 is 0 Å². The van der Waals surface area contributed by atoms with Crippen molar-refractivity contribution in [3.05, 3.63) is 25.3 Å². The Hall–Kier alpha value is -0.890. The van der Waals surface area contributed by atoms with Crippen LogP contribution in [0, 0.1) is 5.41 Å². The van der Waals surface area contributed by atoms with Gasteiger partial charge in [0, 0.05) is 13.1 Å². The van der Waals surface area contributed by atoms with Crippen LogP contribution in [0.4, 0.5) is 0 Å². The van der Waals surface area contributed by atoms with Crippen LogP contribution in [-0.2, 0) is 4.79 Å². The van der Waals surface area contributed by atoms with Crippen LogP contribution < -0.4 is 5.32 Å². The fourth-order valence-electron chi connectivity index (χ4n) is 1.34. The summed E-state index contributed by atoms with van der Waals surface area (Å²) in [6, 6.07) is 0. The van der Waals surface area contributed by atoms with E-state index < -0.39 is 0 Å². The molecule has 0 aromatic carbocycles. The lowest BCUT2D eigenvalue weighted by molar-refractivity contribution is -0.126. The number of rotatable bonds is 4. The van der Waals surface area contributed by atoms with E-state index in [1.54, 1.807) is 6.08 Å². The topological polar surface area (TPSA) is 29.1 Å². The number of carbonyl (C=O) groups excluding carboxylic acids is 1. The molecule has 0 bridgehead atoms. The first-order valence-corrected chi connectivity index (χ1v) is 3.74. The zero-order valence-electron chi connectivity index (χ0n) is 6.60. The monoisotopic (exact) mass is 151 g/mol. The molecule has 60 valence electrons. The van der Waals surface area contributed by atoms with Crippen molar-refractivity contribution >= 4 is 5.78 Å². The van der Waals surface area contributed by atoms with Crippen LogP contribution in [-0.4, -0.2) is 18.9 Å². The maximum atomic E-state index is 11.3. The van der Waals surface area contributed by atoms with Gasteiger partial charge < -0.3 is 5.32 Å². The molecule has 1 rings (SSSR count). The smallest absolute Gasteiger partial charge is 0.164 e. The van der Waals surface area contributed by atoms with E-state index in [0.29, 0.717) is 0 Å². The van der Waals surface area contributed by atoms with Crippen LogP contribution in [0.1, 0.15) is 6.42 Å². The number of hydrogen-bond acceptors (Lipinski definition) is 2. The highest BCUT2D eigenvalue weighted by molar-refractivity contribution is 5.95. The van der Waals surface area contributed by atoms with Crippen molar-refractivity contribution in [2.24, 2.45) is 5.41 Å². The van der Waals surface area contributed by atoms with Crippen LogP contribution in [0.25, 0.3) is 0 Å². The lowest BCUT2D eigenvalue weighted by Crippen LogP contribution is -2.57. The number of nitrogens with one attached hydrogen (secondary N) is 1. The van der Waals surface area contributed by atoms with Crippen LogP contribution in [0.2, 0.25) is 0 Å². The fraction of sp³-hybridized carbons (Fsp3) is 0.444. The van der Waals surface area contributed by atoms with Gasteiger partial charge in [0.15, 0.2) is 5.78 Å². The highest BCUT2D eigenvalue weighted by Crippen LogP contribution is 2.28. The van der Waals surface area contributed by atoms with E-state index in [-0.39, 0.29) is 11.2 Å². The maximum absolute atomic E-state index is 11.3. The van der Waals surface area contributed by atoms with E-state index in [1.807, 2.05) is 0 Å². The van der Waals surface area contributed by atoms with Gasteiger partial charge in [0.25, 0.3) is 0 Å². The van der Waals surface area contributed by atoms with E-state index in [2.05, 4.69) is 18.5 Å². The molecule has 0 saturated carbocycles. The Labute approximate surface area is 67.0 Å². The Morgan fingerprint density at radius 2 is 2.18 bits per heavy atom. The molecule has 0 aromatic heterocycles. The van der Waals surface area contributed by atoms with Crippen LogP contribution in [0.15, 0.2) is 25.3 Å². The van der Waals surface area contributed by atoms with Crippen LogP contribution >= 0.6 is 0 Å². The highest BCUT2D eigenvalue weighted by Gasteiger charge is 2.40. The summed E-state index contributed by atoms with van der Waals surface area (Å²) >= 11 is 0. The average molecular weight is 151 g/mol. The third-order valence-corrected chi connectivity index (χ3v) is 2.17. The summed E-state index contributed by atoms with van der Waals surface area (Å²) in [5.74, 6) is 0.135. The molecular weight excluding hydrogens is 138 g/mol. The summed E-state index contributed by atoms with van der Waals surface area (Å²) in [4.78, 5) is 11.3. The molecule has 11 heavy (non-hydrogen) atoms. The molecule has 1 saturated heterocycles. The number of carbonyl (C=O) groups is 1. The zero-order valence-corrected chi connectivity index (χ0v) is 6.60. The molecule has 1 fully saturated rings. The molecule has 0 aromatic rings. The van der Waals surface area contributed by atoms with E-state index in [4.69, 9.17) is 0 Å². The molecule has 0 aliphatic carbocycles. The van der Waals surface area contributed by atoms with E-state index in [9.17, 15) is 4.79 Å². The van der Waals surface area contributed by atoms with Gasteiger partial charge in [-0.25, -0.2) is 0 Å². The first-order chi connectivity index (χ1) is 5.25. The Balaban J connectivity index is 2.66. The van der Waals surface area contributed by atoms with E-state index in [0.717, 1.165) is 19.5 Å². The standard InChI is InChI=1S/C9H13NO/c1-3-5-9(6-10-7-9)8(11)4-2/h3-4,10H,1-2,5-7H2. The third kappa shape index (κ3) is 1.26. The lowest BCUT2D eigenvalue weighted by atomic mass is 9.75. The second-order valence-corrected chi connectivity index (χ2v) is 2.95. The first kappa shape index (κ1) is 8.21. The summed E-state index contributed by atoms with van der Waals surface area (Å²) in [6.07, 6.45) is 3.96. The van der Waals surface area contributed by atoms with Gasteiger partial charge in [-0.3, -0.25) is 4.79 Å². The Bertz CT molecular complexity index is 192. The SMILES string of the molecule is C=CCC1(C(=O)C=C)CNC1. The zero-order chi connectivity index (χ0) is 8.32. The Kier molecular flexibility index (Phi) is 2.25. The number of allylic oxidation sites excluding steroid dienone is 2. The average Bonchev–Trinajstić information content (AvgIpc) is 1.95. The lowest BCUT2D eigenvalue weighted by Gasteiger charge is -2.39. The molecule has 2 nitrogen and oxygen atoms in total. The number of ketones is 1. The van der Waals surface area contributed by atoms with Crippen LogP contribution in [0.5, 0.6) is 0 Å². The van der Waals surface area contributed by atoms with Gasteiger partial charge in [-0.15, -0.1) is 6.58 Å². The normalized spacial score (nSPS) is 20.0. The van der Waals surface area contributed by atoms with Crippen LogP contribution in [0.3, 0.4) is 0 Å². The summed E-state index contributed by atoms with van der Waals surface area (Å²) < 4.78 is 0. The summed E-state index contributed by atoms with van der Waals surface area (Å²) in [5, 5.41) is 3.09. The van der Waals surface area contributed by atoms with Crippen molar-refractivity contribution in [2.75, 3.05) is 13.1 Å². The van der Waals surface area contributed by atoms with Crippen molar-refractivity contribution < 1.29 is 4.79 Å². The molecule has 1 heterocycles. The van der Waals surface area contributed by atoms with Gasteiger partial charge in [-0.1, -0.05) is 12.7 Å². The molecule has 0 atom stereocenters. The summed E-state index contributed by atoms with van der Waals surface area (Å²) in [5.41, 5.74) is -0.205. The second-order valence-electron chi connectivity index (χ2n) is 2.95. The van der Waals surface area contributed by atoms with Crippen molar-refractivity contribution in [1.82, 2.24) is 5.32 Å². The summed E-state index contributed by atoms with van der Waals surface area (Å²) in [7, 11) is 0. The molecular formula is C9H13NO. The van der Waals surface area contributed by atoms with E-state index >= 15 is 0 Å². The fourth-order valence-corrected chi connectivity index (χ4v) is 1.34. The van der Waals surface area contributed by atoms with Gasteiger partial charge in [-0.2, -0.15) is 0 Å². The van der Waals surface area contributed by atoms with Gasteiger partial charge in [-0.05, 0) is 12.5 Å². The molecule has 0 spiro atoms. The molecule has 1 aliphatic heterocycles. The molecule has 0 radical (unpaired) electrons. The molecule has 0 amide bonds.